The van der Waals surface area contributed by atoms with Crippen LogP contribution in [0.5, 0.6) is 0 Å². The Bertz CT molecular complexity index is 287. The summed E-state index contributed by atoms with van der Waals surface area (Å²) in [5, 5.41) is 12.2. The lowest BCUT2D eigenvalue weighted by atomic mass is 10.2. The average Bonchev–Trinajstić information content (AvgIpc) is 2.35. The maximum atomic E-state index is 10.3. The van der Waals surface area contributed by atoms with E-state index in [0.29, 0.717) is 6.42 Å². The van der Waals surface area contributed by atoms with Crippen molar-refractivity contribution in [2.75, 3.05) is 0 Å². The molecule has 12 heavy (non-hydrogen) atoms. The largest absolute Gasteiger partial charge is 0.544 e. The van der Waals surface area contributed by atoms with Gasteiger partial charge in [-0.3, -0.25) is 0 Å². The van der Waals surface area contributed by atoms with E-state index < -0.39 is 12.0 Å². The van der Waals surface area contributed by atoms with Crippen molar-refractivity contribution in [3.63, 3.8) is 0 Å². The highest BCUT2D eigenvalue weighted by Crippen LogP contribution is 2.20. The molecule has 0 saturated heterocycles. The second-order valence-corrected chi connectivity index (χ2v) is 4.36. The Morgan fingerprint density at radius 3 is 2.92 bits per heavy atom. The fourth-order valence-corrected chi connectivity index (χ4v) is 2.32. The van der Waals surface area contributed by atoms with Crippen molar-refractivity contribution in [3.05, 3.63) is 20.8 Å². The molecule has 1 heterocycles. The molecule has 1 aromatic rings. The van der Waals surface area contributed by atoms with Gasteiger partial charge in [0.15, 0.2) is 0 Å². The number of carbonyl (C=O) groups excluding carboxylic acids is 1. The first-order valence-electron chi connectivity index (χ1n) is 3.36. The third-order valence-electron chi connectivity index (χ3n) is 1.40. The van der Waals surface area contributed by atoms with Crippen LogP contribution in [0.4, 0.5) is 0 Å². The molecule has 66 valence electrons. The molecule has 1 atom stereocenters. The summed E-state index contributed by atoms with van der Waals surface area (Å²) in [7, 11) is 0. The van der Waals surface area contributed by atoms with E-state index in [9.17, 15) is 9.90 Å². The van der Waals surface area contributed by atoms with E-state index in [0.717, 1.165) is 9.35 Å². The summed E-state index contributed by atoms with van der Waals surface area (Å²) in [4.78, 5) is 11.3. The number of carboxylic acid groups (broad SMARTS) is 1. The van der Waals surface area contributed by atoms with Crippen molar-refractivity contribution < 1.29 is 15.6 Å². The van der Waals surface area contributed by atoms with Gasteiger partial charge in [-0.05, 0) is 22.0 Å². The highest BCUT2D eigenvalue weighted by atomic mass is 79.9. The summed E-state index contributed by atoms with van der Waals surface area (Å²) >= 11 is 4.80. The van der Waals surface area contributed by atoms with Gasteiger partial charge in [0.05, 0.1) is 5.97 Å². The Balaban J connectivity index is 2.58. The molecular formula is C7H8BrNO2S. The van der Waals surface area contributed by atoms with Gasteiger partial charge in [0.2, 0.25) is 0 Å². The molecule has 1 rings (SSSR count). The summed E-state index contributed by atoms with van der Waals surface area (Å²) < 4.78 is 0.980. The first-order chi connectivity index (χ1) is 5.59. The Labute approximate surface area is 82.3 Å². The van der Waals surface area contributed by atoms with Crippen LogP contribution < -0.4 is 10.8 Å². The summed E-state index contributed by atoms with van der Waals surface area (Å²) in [5.41, 5.74) is 3.47. The molecule has 3 N–H and O–H groups in total. The van der Waals surface area contributed by atoms with Crippen LogP contribution >= 0.6 is 27.3 Å². The van der Waals surface area contributed by atoms with E-state index in [2.05, 4.69) is 21.7 Å². The molecule has 0 aromatic carbocycles. The highest BCUT2D eigenvalue weighted by molar-refractivity contribution is 9.10. The van der Waals surface area contributed by atoms with Crippen molar-refractivity contribution in [2.45, 2.75) is 12.5 Å². The minimum Gasteiger partial charge on any atom is -0.544 e. The van der Waals surface area contributed by atoms with Crippen LogP contribution in [0.1, 0.15) is 4.88 Å². The summed E-state index contributed by atoms with van der Waals surface area (Å²) in [5.74, 6) is -1.10. The number of carbonyl (C=O) groups is 1. The van der Waals surface area contributed by atoms with Crippen molar-refractivity contribution in [2.24, 2.45) is 0 Å². The number of hydrogen-bond donors (Lipinski definition) is 1. The molecule has 1 aromatic heterocycles. The minimum atomic E-state index is -1.10. The Morgan fingerprint density at radius 1 is 1.83 bits per heavy atom. The first-order valence-corrected chi connectivity index (χ1v) is 5.03. The molecule has 0 aliphatic carbocycles. The fourth-order valence-electron chi connectivity index (χ4n) is 0.787. The van der Waals surface area contributed by atoms with Crippen LogP contribution in [0, 0.1) is 0 Å². The molecule has 0 bridgehead atoms. The van der Waals surface area contributed by atoms with Crippen LogP contribution in [-0.4, -0.2) is 12.0 Å². The molecule has 0 spiro atoms. The summed E-state index contributed by atoms with van der Waals surface area (Å²) in [6.45, 7) is 0. The third kappa shape index (κ3) is 2.58. The zero-order chi connectivity index (χ0) is 9.14. The predicted molar refractivity (Wildman–Crippen MR) is 47.4 cm³/mol. The van der Waals surface area contributed by atoms with Gasteiger partial charge in [0.25, 0.3) is 0 Å². The Kier molecular flexibility index (Phi) is 3.25. The van der Waals surface area contributed by atoms with E-state index in [1.807, 2.05) is 11.4 Å². The number of carboxylic acids is 1. The molecular weight excluding hydrogens is 242 g/mol. The number of rotatable bonds is 3. The first kappa shape index (κ1) is 9.70. The summed E-state index contributed by atoms with van der Waals surface area (Å²) in [6.07, 6.45) is 0.443. The van der Waals surface area contributed by atoms with Crippen LogP contribution in [0.25, 0.3) is 0 Å². The number of hydrogen-bond acceptors (Lipinski definition) is 3. The van der Waals surface area contributed by atoms with Crippen molar-refractivity contribution in [3.8, 4) is 0 Å². The molecule has 3 nitrogen and oxygen atoms in total. The van der Waals surface area contributed by atoms with Gasteiger partial charge in [-0.15, -0.1) is 11.3 Å². The molecule has 0 amide bonds. The standard InChI is InChI=1S/C7H8BrNO2S/c8-4-1-5(12-3-4)2-6(9)7(10)11/h1,3,6H,2,9H2,(H,10,11)/t6-/m1/s1. The van der Waals surface area contributed by atoms with Crippen LogP contribution in [0.3, 0.4) is 0 Å². The van der Waals surface area contributed by atoms with Crippen LogP contribution in [-0.2, 0) is 11.2 Å². The molecule has 0 fully saturated rings. The number of quaternary nitrogens is 1. The number of aliphatic carboxylic acids is 1. The normalized spacial score (nSPS) is 12.8. The van der Waals surface area contributed by atoms with Gasteiger partial charge in [-0.1, -0.05) is 0 Å². The van der Waals surface area contributed by atoms with Crippen molar-refractivity contribution in [1.82, 2.24) is 0 Å². The smallest absolute Gasteiger partial charge is 0.129 e. The predicted octanol–water partition coefficient (Wildman–Crippen LogP) is -0.587. The lowest BCUT2D eigenvalue weighted by molar-refractivity contribution is -0.436. The molecule has 0 aliphatic heterocycles. The Hall–Kier alpha value is -0.390. The van der Waals surface area contributed by atoms with Crippen molar-refractivity contribution >= 4 is 33.2 Å². The summed E-state index contributed by atoms with van der Waals surface area (Å²) in [6, 6.07) is 1.24. The topological polar surface area (TPSA) is 67.8 Å². The van der Waals surface area contributed by atoms with E-state index in [4.69, 9.17) is 0 Å². The maximum absolute atomic E-state index is 10.3. The average molecular weight is 250 g/mol. The number of halogens is 1. The van der Waals surface area contributed by atoms with Gasteiger partial charge in [-0.25, -0.2) is 0 Å². The molecule has 0 radical (unpaired) electrons. The van der Waals surface area contributed by atoms with E-state index in [1.54, 1.807) is 0 Å². The molecule has 5 heteroatoms. The van der Waals surface area contributed by atoms with Gasteiger partial charge in [-0.2, -0.15) is 0 Å². The van der Waals surface area contributed by atoms with Gasteiger partial charge in [0.1, 0.15) is 6.04 Å². The van der Waals surface area contributed by atoms with E-state index in [1.165, 1.54) is 11.3 Å². The lowest BCUT2D eigenvalue weighted by Crippen LogP contribution is -2.69. The van der Waals surface area contributed by atoms with Crippen LogP contribution in [0.15, 0.2) is 15.9 Å². The van der Waals surface area contributed by atoms with Crippen molar-refractivity contribution in [1.29, 1.82) is 0 Å². The molecule has 0 unspecified atom stereocenters. The SMILES string of the molecule is [NH3+][C@H](Cc1cc(Br)cs1)C(=O)[O-]. The van der Waals surface area contributed by atoms with E-state index in [-0.39, 0.29) is 0 Å². The fraction of sp³-hybridized carbons (Fsp3) is 0.286. The molecule has 0 aliphatic rings. The monoisotopic (exact) mass is 249 g/mol. The zero-order valence-electron chi connectivity index (χ0n) is 6.25. The van der Waals surface area contributed by atoms with Crippen LogP contribution in [0.2, 0.25) is 0 Å². The molecule has 0 saturated carbocycles. The van der Waals surface area contributed by atoms with Gasteiger partial charge >= 0.3 is 0 Å². The van der Waals surface area contributed by atoms with Gasteiger partial charge < -0.3 is 15.6 Å². The Morgan fingerprint density at radius 2 is 2.50 bits per heavy atom. The minimum absolute atomic E-state index is 0.443. The second kappa shape index (κ2) is 4.02. The highest BCUT2D eigenvalue weighted by Gasteiger charge is 2.09. The third-order valence-corrected chi connectivity index (χ3v) is 3.12. The quantitative estimate of drug-likeness (QED) is 0.779. The lowest BCUT2D eigenvalue weighted by Gasteiger charge is -2.06. The maximum Gasteiger partial charge on any atom is 0.129 e. The zero-order valence-corrected chi connectivity index (χ0v) is 8.65. The van der Waals surface area contributed by atoms with Gasteiger partial charge in [0, 0.05) is 21.2 Å². The number of thiophene rings is 1. The van der Waals surface area contributed by atoms with E-state index >= 15 is 0 Å². The second-order valence-electron chi connectivity index (χ2n) is 2.45.